The van der Waals surface area contributed by atoms with Crippen molar-refractivity contribution in [1.82, 2.24) is 0 Å². The smallest absolute Gasteiger partial charge is 0.328 e. The number of carboxylic acids is 1. The predicted octanol–water partition coefficient (Wildman–Crippen LogP) is 4.18. The predicted molar refractivity (Wildman–Crippen MR) is 89.4 cm³/mol. The lowest BCUT2D eigenvalue weighted by molar-refractivity contribution is -0.131. The van der Waals surface area contributed by atoms with Gasteiger partial charge in [0.15, 0.2) is 0 Å². The fourth-order valence-corrected chi connectivity index (χ4v) is 2.99. The number of carboxylic acid groups (broad SMARTS) is 1. The summed E-state index contributed by atoms with van der Waals surface area (Å²) in [5.41, 5.74) is 1.72. The van der Waals surface area contributed by atoms with Gasteiger partial charge in [0.25, 0.3) is 0 Å². The highest BCUT2D eigenvalue weighted by Gasteiger charge is 2.07. The van der Waals surface area contributed by atoms with Crippen molar-refractivity contribution in [3.63, 3.8) is 0 Å². The van der Waals surface area contributed by atoms with E-state index in [0.717, 1.165) is 30.3 Å². The largest absolute Gasteiger partial charge is 0.478 e. The third-order valence-corrected chi connectivity index (χ3v) is 4.31. The van der Waals surface area contributed by atoms with Crippen LogP contribution in [0.3, 0.4) is 0 Å². The van der Waals surface area contributed by atoms with Gasteiger partial charge in [-0.2, -0.15) is 0 Å². The van der Waals surface area contributed by atoms with Gasteiger partial charge in [-0.15, -0.1) is 11.3 Å². The summed E-state index contributed by atoms with van der Waals surface area (Å²) in [7, 11) is 2.00. The van der Waals surface area contributed by atoms with Crippen LogP contribution in [0.2, 0.25) is 5.02 Å². The number of nitrogens with zero attached hydrogens (tertiary/aromatic N) is 1. The molecule has 0 aliphatic rings. The van der Waals surface area contributed by atoms with Crippen LogP contribution in [0, 0.1) is 0 Å². The topological polar surface area (TPSA) is 40.5 Å². The van der Waals surface area contributed by atoms with E-state index >= 15 is 0 Å². The Hall–Kier alpha value is -1.78. The minimum atomic E-state index is -0.969. The van der Waals surface area contributed by atoms with Crippen molar-refractivity contribution < 1.29 is 9.90 Å². The summed E-state index contributed by atoms with van der Waals surface area (Å²) in [6, 6.07) is 9.73. The summed E-state index contributed by atoms with van der Waals surface area (Å²) in [6.07, 6.45) is 3.61. The minimum Gasteiger partial charge on any atom is -0.478 e. The van der Waals surface area contributed by atoms with E-state index in [1.165, 1.54) is 11.0 Å². The molecule has 110 valence electrons. The second kappa shape index (κ2) is 7.29. The van der Waals surface area contributed by atoms with E-state index in [2.05, 4.69) is 22.4 Å². The van der Waals surface area contributed by atoms with Crippen molar-refractivity contribution in [3.8, 4) is 0 Å². The highest BCUT2D eigenvalue weighted by atomic mass is 35.5. The van der Waals surface area contributed by atoms with Crippen molar-refractivity contribution in [3.05, 3.63) is 57.3 Å². The SMILES string of the molecule is CN(CCc1cccs1)c1ccc(/C=C/C(=O)O)cc1Cl. The molecule has 0 bridgehead atoms. The Morgan fingerprint density at radius 3 is 2.86 bits per heavy atom. The molecule has 0 amide bonds. The van der Waals surface area contributed by atoms with E-state index in [0.29, 0.717) is 5.02 Å². The summed E-state index contributed by atoms with van der Waals surface area (Å²) < 4.78 is 0. The van der Waals surface area contributed by atoms with Crippen molar-refractivity contribution in [2.75, 3.05) is 18.5 Å². The van der Waals surface area contributed by atoms with Gasteiger partial charge in [-0.3, -0.25) is 0 Å². The zero-order valence-corrected chi connectivity index (χ0v) is 13.2. The Kier molecular flexibility index (Phi) is 5.42. The van der Waals surface area contributed by atoms with Gasteiger partial charge < -0.3 is 10.0 Å². The van der Waals surface area contributed by atoms with Crippen molar-refractivity contribution in [2.24, 2.45) is 0 Å². The van der Waals surface area contributed by atoms with Crippen molar-refractivity contribution in [1.29, 1.82) is 0 Å². The van der Waals surface area contributed by atoms with Gasteiger partial charge >= 0.3 is 5.97 Å². The van der Waals surface area contributed by atoms with E-state index < -0.39 is 5.97 Å². The number of halogens is 1. The number of thiophene rings is 1. The maximum atomic E-state index is 10.5. The van der Waals surface area contributed by atoms with E-state index in [9.17, 15) is 4.79 Å². The minimum absolute atomic E-state index is 0.621. The summed E-state index contributed by atoms with van der Waals surface area (Å²) in [4.78, 5) is 14.0. The molecule has 0 aliphatic heterocycles. The third-order valence-electron chi connectivity index (χ3n) is 3.08. The number of rotatable bonds is 6. The second-order valence-corrected chi connectivity index (χ2v) is 6.07. The van der Waals surface area contributed by atoms with Crippen LogP contribution in [-0.2, 0) is 11.2 Å². The molecule has 0 atom stereocenters. The number of benzene rings is 1. The Bertz CT molecular complexity index is 638. The van der Waals surface area contributed by atoms with Crippen LogP contribution in [-0.4, -0.2) is 24.7 Å². The summed E-state index contributed by atoms with van der Waals surface area (Å²) in [6.45, 7) is 0.880. The van der Waals surface area contributed by atoms with E-state index in [-0.39, 0.29) is 0 Å². The molecule has 21 heavy (non-hydrogen) atoms. The van der Waals surface area contributed by atoms with Crippen LogP contribution in [0.15, 0.2) is 41.8 Å². The van der Waals surface area contributed by atoms with Gasteiger partial charge in [-0.05, 0) is 41.6 Å². The number of hydrogen-bond donors (Lipinski definition) is 1. The molecule has 0 radical (unpaired) electrons. The fourth-order valence-electron chi connectivity index (χ4n) is 1.96. The molecule has 1 aromatic carbocycles. The summed E-state index contributed by atoms with van der Waals surface area (Å²) in [5.74, 6) is -0.969. The first-order valence-electron chi connectivity index (χ1n) is 6.50. The first-order chi connectivity index (χ1) is 10.1. The zero-order valence-electron chi connectivity index (χ0n) is 11.6. The number of anilines is 1. The van der Waals surface area contributed by atoms with Crippen LogP contribution < -0.4 is 4.90 Å². The maximum Gasteiger partial charge on any atom is 0.328 e. The van der Waals surface area contributed by atoms with Crippen LogP contribution in [0.4, 0.5) is 5.69 Å². The second-order valence-electron chi connectivity index (χ2n) is 4.63. The number of likely N-dealkylation sites (N-methyl/N-ethyl adjacent to an activating group) is 1. The van der Waals surface area contributed by atoms with E-state index in [1.54, 1.807) is 17.4 Å². The molecular weight excluding hydrogens is 306 g/mol. The third kappa shape index (κ3) is 4.62. The number of aliphatic carboxylic acids is 1. The molecule has 0 aliphatic carbocycles. The lowest BCUT2D eigenvalue weighted by Gasteiger charge is -2.20. The quantitative estimate of drug-likeness (QED) is 0.811. The highest BCUT2D eigenvalue weighted by molar-refractivity contribution is 7.09. The van der Waals surface area contributed by atoms with Crippen LogP contribution in [0.1, 0.15) is 10.4 Å². The molecule has 0 fully saturated rings. The summed E-state index contributed by atoms with van der Waals surface area (Å²) >= 11 is 8.03. The van der Waals surface area contributed by atoms with Gasteiger partial charge in [0.2, 0.25) is 0 Å². The Morgan fingerprint density at radius 1 is 1.43 bits per heavy atom. The standard InChI is InChI=1S/C16H16ClNO2S/c1-18(9-8-13-3-2-10-21-13)15-6-4-12(11-14(15)17)5-7-16(19)20/h2-7,10-11H,8-9H2,1H3,(H,19,20)/b7-5+. The number of carbonyl (C=O) groups is 1. The normalized spacial score (nSPS) is 11.0. The fraction of sp³-hybridized carbons (Fsp3) is 0.188. The molecule has 3 nitrogen and oxygen atoms in total. The lowest BCUT2D eigenvalue weighted by atomic mass is 10.1. The van der Waals surface area contributed by atoms with Crippen LogP contribution >= 0.6 is 22.9 Å². The molecule has 1 aromatic heterocycles. The lowest BCUT2D eigenvalue weighted by Crippen LogP contribution is -2.20. The van der Waals surface area contributed by atoms with Gasteiger partial charge in [-0.1, -0.05) is 23.7 Å². The van der Waals surface area contributed by atoms with Crippen LogP contribution in [0.5, 0.6) is 0 Å². The monoisotopic (exact) mass is 321 g/mol. The Balaban J connectivity index is 2.03. The molecule has 1 heterocycles. The number of hydrogen-bond acceptors (Lipinski definition) is 3. The molecule has 1 N–H and O–H groups in total. The molecule has 2 aromatic rings. The van der Waals surface area contributed by atoms with E-state index in [1.807, 2.05) is 19.2 Å². The van der Waals surface area contributed by atoms with Gasteiger partial charge in [0.05, 0.1) is 10.7 Å². The Morgan fingerprint density at radius 2 is 2.24 bits per heavy atom. The molecule has 0 saturated heterocycles. The van der Waals surface area contributed by atoms with Gasteiger partial charge in [0.1, 0.15) is 0 Å². The summed E-state index contributed by atoms with van der Waals surface area (Å²) in [5, 5.41) is 11.3. The first kappa shape index (κ1) is 15.6. The van der Waals surface area contributed by atoms with Gasteiger partial charge in [-0.25, -0.2) is 4.79 Å². The maximum absolute atomic E-state index is 10.5. The molecule has 0 unspecified atom stereocenters. The molecule has 0 saturated carbocycles. The van der Waals surface area contributed by atoms with Crippen LogP contribution in [0.25, 0.3) is 6.08 Å². The first-order valence-corrected chi connectivity index (χ1v) is 7.76. The van der Waals surface area contributed by atoms with Crippen molar-refractivity contribution in [2.45, 2.75) is 6.42 Å². The van der Waals surface area contributed by atoms with Gasteiger partial charge in [0, 0.05) is 24.5 Å². The van der Waals surface area contributed by atoms with Crippen molar-refractivity contribution >= 4 is 40.7 Å². The average molecular weight is 322 g/mol. The average Bonchev–Trinajstić information content (AvgIpc) is 2.96. The van der Waals surface area contributed by atoms with E-state index in [4.69, 9.17) is 16.7 Å². The Labute approximate surface area is 133 Å². The zero-order chi connectivity index (χ0) is 15.2. The molecule has 5 heteroatoms. The highest BCUT2D eigenvalue weighted by Crippen LogP contribution is 2.27. The molecular formula is C16H16ClNO2S. The molecule has 0 spiro atoms. The molecule has 2 rings (SSSR count).